The Morgan fingerprint density at radius 2 is 2.38 bits per heavy atom. The molecule has 5 heteroatoms. The summed E-state index contributed by atoms with van der Waals surface area (Å²) in [6.45, 7) is 6.38. The van der Waals surface area contributed by atoms with E-state index in [2.05, 4.69) is 24.2 Å². The minimum Gasteiger partial charge on any atom is -0.394 e. The highest BCUT2D eigenvalue weighted by molar-refractivity contribution is 5.80. The van der Waals surface area contributed by atoms with Gasteiger partial charge in [0.1, 0.15) is 0 Å². The van der Waals surface area contributed by atoms with Crippen molar-refractivity contribution in [1.29, 1.82) is 0 Å². The van der Waals surface area contributed by atoms with E-state index in [1.807, 2.05) is 0 Å². The van der Waals surface area contributed by atoms with Crippen molar-refractivity contribution in [1.82, 2.24) is 10.3 Å². The third kappa shape index (κ3) is 2.86. The van der Waals surface area contributed by atoms with Crippen LogP contribution in [0.4, 0.5) is 0 Å². The molecule has 0 unspecified atom stereocenters. The van der Waals surface area contributed by atoms with Crippen molar-refractivity contribution < 1.29 is 5.11 Å². The van der Waals surface area contributed by atoms with E-state index in [9.17, 15) is 0 Å². The Kier molecular flexibility index (Phi) is 3.11. The Labute approximate surface area is 78.6 Å². The normalized spacial score (nSPS) is 20.5. The van der Waals surface area contributed by atoms with Crippen molar-refractivity contribution in [2.45, 2.75) is 13.8 Å². The molecular formula is C8H18N4O. The molecule has 0 aromatic carbocycles. The molecule has 5 nitrogen and oxygen atoms in total. The van der Waals surface area contributed by atoms with Crippen LogP contribution >= 0.6 is 0 Å². The zero-order valence-corrected chi connectivity index (χ0v) is 8.25. The zero-order valence-electron chi connectivity index (χ0n) is 8.25. The van der Waals surface area contributed by atoms with Gasteiger partial charge in [0.2, 0.25) is 5.96 Å². The zero-order chi connectivity index (χ0) is 9.90. The van der Waals surface area contributed by atoms with Crippen LogP contribution in [0.1, 0.15) is 13.8 Å². The fourth-order valence-electron chi connectivity index (χ4n) is 1.13. The maximum atomic E-state index is 8.67. The molecule has 0 aromatic heterocycles. The summed E-state index contributed by atoms with van der Waals surface area (Å²) in [6.07, 6.45) is 0. The van der Waals surface area contributed by atoms with Crippen molar-refractivity contribution in [3.63, 3.8) is 0 Å². The number of aliphatic hydroxyl groups excluding tert-OH is 1. The van der Waals surface area contributed by atoms with Gasteiger partial charge in [-0.25, -0.2) is 5.84 Å². The van der Waals surface area contributed by atoms with Crippen molar-refractivity contribution in [3.05, 3.63) is 0 Å². The van der Waals surface area contributed by atoms with E-state index in [0.29, 0.717) is 12.5 Å². The molecule has 0 aromatic rings. The molecule has 1 aliphatic heterocycles. The van der Waals surface area contributed by atoms with Crippen LogP contribution < -0.4 is 11.2 Å². The summed E-state index contributed by atoms with van der Waals surface area (Å²) in [5.74, 6) is 6.30. The maximum Gasteiger partial charge on any atom is 0.208 e. The van der Waals surface area contributed by atoms with E-state index in [1.165, 1.54) is 5.01 Å². The smallest absolute Gasteiger partial charge is 0.208 e. The van der Waals surface area contributed by atoms with Crippen LogP contribution in [0.5, 0.6) is 0 Å². The Morgan fingerprint density at radius 1 is 1.69 bits per heavy atom. The number of hydrogen-bond acceptors (Lipinski definition) is 5. The Bertz CT molecular complexity index is 202. The molecule has 0 bridgehead atoms. The van der Waals surface area contributed by atoms with Crippen molar-refractivity contribution >= 4 is 5.96 Å². The Morgan fingerprint density at radius 3 is 2.85 bits per heavy atom. The first kappa shape index (κ1) is 10.3. The second-order valence-corrected chi connectivity index (χ2v) is 4.07. The van der Waals surface area contributed by atoms with Gasteiger partial charge in [0.15, 0.2) is 0 Å². The molecule has 0 radical (unpaired) electrons. The Balaban J connectivity index is 2.50. The summed E-state index contributed by atoms with van der Waals surface area (Å²) in [4.78, 5) is 4.30. The standard InChI is InChI=1S/C8H18N4O/c1-8(2)5-10-7(11-6-8)12(9)3-4-13/h13H,3-6,9H2,1-2H3,(H,10,11). The van der Waals surface area contributed by atoms with Gasteiger partial charge < -0.3 is 10.4 Å². The molecular weight excluding hydrogens is 168 g/mol. The molecule has 76 valence electrons. The van der Waals surface area contributed by atoms with Crippen LogP contribution in [0.25, 0.3) is 0 Å². The number of nitrogens with two attached hydrogens (primary N) is 1. The lowest BCUT2D eigenvalue weighted by Gasteiger charge is -2.32. The van der Waals surface area contributed by atoms with E-state index < -0.39 is 0 Å². The van der Waals surface area contributed by atoms with Gasteiger partial charge in [-0.2, -0.15) is 0 Å². The number of guanidine groups is 1. The fraction of sp³-hybridized carbons (Fsp3) is 0.875. The topological polar surface area (TPSA) is 73.9 Å². The molecule has 1 aliphatic rings. The fourth-order valence-corrected chi connectivity index (χ4v) is 1.13. The number of rotatable bonds is 2. The lowest BCUT2D eigenvalue weighted by molar-refractivity contribution is 0.242. The third-order valence-electron chi connectivity index (χ3n) is 1.99. The minimum atomic E-state index is 0.0423. The van der Waals surface area contributed by atoms with E-state index in [4.69, 9.17) is 10.9 Å². The predicted octanol–water partition coefficient (Wildman–Crippen LogP) is -0.860. The molecule has 13 heavy (non-hydrogen) atoms. The number of hydrogen-bond donors (Lipinski definition) is 3. The van der Waals surface area contributed by atoms with Crippen LogP contribution in [-0.2, 0) is 0 Å². The molecule has 0 spiro atoms. The average molecular weight is 186 g/mol. The molecule has 0 saturated heterocycles. The van der Waals surface area contributed by atoms with Crippen molar-refractivity contribution in [2.24, 2.45) is 16.3 Å². The quantitative estimate of drug-likeness (QED) is 0.387. The van der Waals surface area contributed by atoms with Crippen LogP contribution in [0.2, 0.25) is 0 Å². The number of hydrazine groups is 1. The highest BCUT2D eigenvalue weighted by Gasteiger charge is 2.23. The van der Waals surface area contributed by atoms with Crippen LogP contribution in [0.15, 0.2) is 4.99 Å². The largest absolute Gasteiger partial charge is 0.394 e. The van der Waals surface area contributed by atoms with E-state index in [-0.39, 0.29) is 12.0 Å². The first-order valence-corrected chi connectivity index (χ1v) is 4.46. The molecule has 1 heterocycles. The number of nitrogens with one attached hydrogen (secondary N) is 1. The Hall–Kier alpha value is -0.810. The van der Waals surface area contributed by atoms with Crippen LogP contribution in [0, 0.1) is 5.41 Å². The molecule has 0 aliphatic carbocycles. The van der Waals surface area contributed by atoms with Crippen LogP contribution in [-0.4, -0.2) is 42.3 Å². The van der Waals surface area contributed by atoms with Gasteiger partial charge >= 0.3 is 0 Å². The second kappa shape index (κ2) is 3.93. The van der Waals surface area contributed by atoms with Gasteiger partial charge in [0.25, 0.3) is 0 Å². The highest BCUT2D eigenvalue weighted by Crippen LogP contribution is 2.16. The van der Waals surface area contributed by atoms with Gasteiger partial charge in [0.05, 0.1) is 13.2 Å². The molecule has 0 atom stereocenters. The van der Waals surface area contributed by atoms with Gasteiger partial charge in [-0.3, -0.25) is 10.0 Å². The van der Waals surface area contributed by atoms with Gasteiger partial charge in [-0.1, -0.05) is 13.8 Å². The highest BCUT2D eigenvalue weighted by atomic mass is 16.3. The summed E-state index contributed by atoms with van der Waals surface area (Å²) in [5.41, 5.74) is 0.198. The summed E-state index contributed by atoms with van der Waals surface area (Å²) in [6, 6.07) is 0. The average Bonchev–Trinajstić information content (AvgIpc) is 2.04. The molecule has 0 saturated carbocycles. The monoisotopic (exact) mass is 186 g/mol. The maximum absolute atomic E-state index is 8.67. The minimum absolute atomic E-state index is 0.0423. The SMILES string of the molecule is CC1(C)CN=C(N(N)CCO)NC1. The summed E-state index contributed by atoms with van der Waals surface area (Å²) in [5, 5.41) is 13.2. The number of aliphatic imine (C=N–C) groups is 1. The lowest BCUT2D eigenvalue weighted by atomic mass is 9.93. The third-order valence-corrected chi connectivity index (χ3v) is 1.99. The van der Waals surface area contributed by atoms with Gasteiger partial charge in [-0.05, 0) is 0 Å². The second-order valence-electron chi connectivity index (χ2n) is 4.07. The van der Waals surface area contributed by atoms with E-state index in [1.54, 1.807) is 0 Å². The van der Waals surface area contributed by atoms with Gasteiger partial charge in [0, 0.05) is 18.5 Å². The first-order valence-electron chi connectivity index (χ1n) is 4.46. The summed E-state index contributed by atoms with van der Waals surface area (Å²) in [7, 11) is 0. The summed E-state index contributed by atoms with van der Waals surface area (Å²) >= 11 is 0. The molecule has 4 N–H and O–H groups in total. The molecule has 0 fully saturated rings. The first-order chi connectivity index (χ1) is 6.05. The summed E-state index contributed by atoms with van der Waals surface area (Å²) < 4.78 is 0. The van der Waals surface area contributed by atoms with Crippen LogP contribution in [0.3, 0.4) is 0 Å². The van der Waals surface area contributed by atoms with Crippen molar-refractivity contribution in [3.8, 4) is 0 Å². The van der Waals surface area contributed by atoms with E-state index in [0.717, 1.165) is 13.1 Å². The predicted molar refractivity (Wildman–Crippen MR) is 52.1 cm³/mol. The van der Waals surface area contributed by atoms with Crippen molar-refractivity contribution in [2.75, 3.05) is 26.2 Å². The van der Waals surface area contributed by atoms with Gasteiger partial charge in [-0.15, -0.1) is 0 Å². The molecule has 1 rings (SSSR count). The molecule has 0 amide bonds. The lowest BCUT2D eigenvalue weighted by Crippen LogP contribution is -2.52. The van der Waals surface area contributed by atoms with E-state index >= 15 is 0 Å². The number of nitrogens with zero attached hydrogens (tertiary/aromatic N) is 2. The number of aliphatic hydroxyl groups is 1.